The molecule has 1 aliphatic carbocycles. The van der Waals surface area contributed by atoms with E-state index in [0.717, 1.165) is 38.0 Å². The predicted octanol–water partition coefficient (Wildman–Crippen LogP) is 1.54. The number of anilines is 1. The van der Waals surface area contributed by atoms with Crippen molar-refractivity contribution in [1.82, 2.24) is 15.3 Å². The van der Waals surface area contributed by atoms with Gasteiger partial charge < -0.3 is 10.2 Å². The van der Waals surface area contributed by atoms with Gasteiger partial charge in [0.1, 0.15) is 0 Å². The Labute approximate surface area is 102 Å². The summed E-state index contributed by atoms with van der Waals surface area (Å²) in [5, 5.41) is 3.40. The molecule has 1 saturated carbocycles. The maximum atomic E-state index is 4.53. The van der Waals surface area contributed by atoms with E-state index in [1.54, 1.807) is 0 Å². The minimum atomic E-state index is 0.731. The Morgan fingerprint density at radius 1 is 1.06 bits per heavy atom. The highest BCUT2D eigenvalue weighted by Gasteiger charge is 2.20. The SMILES string of the molecule is c1nc(N2CCCNCC2)ncc1C1CCC1. The average molecular weight is 232 g/mol. The molecule has 1 aromatic heterocycles. The molecule has 1 N–H and O–H groups in total. The Morgan fingerprint density at radius 2 is 1.88 bits per heavy atom. The highest BCUT2D eigenvalue weighted by Crippen LogP contribution is 2.35. The molecule has 2 fully saturated rings. The lowest BCUT2D eigenvalue weighted by molar-refractivity contribution is 0.417. The second kappa shape index (κ2) is 5.00. The fraction of sp³-hybridized carbons (Fsp3) is 0.692. The van der Waals surface area contributed by atoms with E-state index in [2.05, 4.69) is 20.2 Å². The lowest BCUT2D eigenvalue weighted by atomic mass is 9.81. The smallest absolute Gasteiger partial charge is 0.225 e. The first-order valence-electron chi connectivity index (χ1n) is 6.71. The molecule has 3 rings (SSSR count). The van der Waals surface area contributed by atoms with Gasteiger partial charge in [0.2, 0.25) is 5.95 Å². The monoisotopic (exact) mass is 232 g/mol. The lowest BCUT2D eigenvalue weighted by Crippen LogP contribution is -2.29. The Kier molecular flexibility index (Phi) is 3.22. The summed E-state index contributed by atoms with van der Waals surface area (Å²) in [6.45, 7) is 4.23. The molecule has 0 bridgehead atoms. The highest BCUT2D eigenvalue weighted by molar-refractivity contribution is 5.31. The summed E-state index contributed by atoms with van der Waals surface area (Å²) in [5.41, 5.74) is 1.33. The fourth-order valence-corrected chi connectivity index (χ4v) is 2.49. The standard InChI is InChI=1S/C13H20N4/c1-3-11(4-1)12-9-15-13(16-10-12)17-7-2-5-14-6-8-17/h9-11,14H,1-8H2. The molecule has 1 saturated heterocycles. The maximum Gasteiger partial charge on any atom is 0.225 e. The van der Waals surface area contributed by atoms with Crippen LogP contribution in [-0.2, 0) is 0 Å². The van der Waals surface area contributed by atoms with E-state index < -0.39 is 0 Å². The van der Waals surface area contributed by atoms with E-state index >= 15 is 0 Å². The van der Waals surface area contributed by atoms with Gasteiger partial charge in [-0.15, -0.1) is 0 Å². The van der Waals surface area contributed by atoms with Crippen molar-refractivity contribution in [2.24, 2.45) is 0 Å². The first kappa shape index (κ1) is 11.0. The zero-order valence-electron chi connectivity index (χ0n) is 10.2. The number of rotatable bonds is 2. The minimum absolute atomic E-state index is 0.731. The molecule has 4 heteroatoms. The van der Waals surface area contributed by atoms with Crippen LogP contribution in [0, 0.1) is 0 Å². The topological polar surface area (TPSA) is 41.1 Å². The third kappa shape index (κ3) is 2.41. The molecular formula is C13H20N4. The van der Waals surface area contributed by atoms with Crippen molar-refractivity contribution >= 4 is 5.95 Å². The van der Waals surface area contributed by atoms with Crippen LogP contribution in [0.4, 0.5) is 5.95 Å². The predicted molar refractivity (Wildman–Crippen MR) is 68.3 cm³/mol. The van der Waals surface area contributed by atoms with Crippen LogP contribution in [0.25, 0.3) is 0 Å². The Bertz CT molecular complexity index is 350. The summed E-state index contributed by atoms with van der Waals surface area (Å²) in [5.74, 6) is 1.63. The zero-order valence-corrected chi connectivity index (χ0v) is 10.2. The van der Waals surface area contributed by atoms with E-state index in [4.69, 9.17) is 0 Å². The van der Waals surface area contributed by atoms with Crippen LogP contribution in [0.15, 0.2) is 12.4 Å². The van der Waals surface area contributed by atoms with Gasteiger partial charge in [-0.3, -0.25) is 0 Å². The van der Waals surface area contributed by atoms with Crippen molar-refractivity contribution in [1.29, 1.82) is 0 Å². The third-order valence-electron chi connectivity index (χ3n) is 3.86. The molecule has 2 aliphatic rings. The van der Waals surface area contributed by atoms with E-state index in [9.17, 15) is 0 Å². The summed E-state index contributed by atoms with van der Waals surface area (Å²) in [4.78, 5) is 11.4. The van der Waals surface area contributed by atoms with Gasteiger partial charge in [-0.1, -0.05) is 6.42 Å². The van der Waals surface area contributed by atoms with Gasteiger partial charge in [-0.05, 0) is 37.3 Å². The molecule has 2 heterocycles. The molecular weight excluding hydrogens is 212 g/mol. The lowest BCUT2D eigenvalue weighted by Gasteiger charge is -2.26. The second-order valence-corrected chi connectivity index (χ2v) is 5.03. The summed E-state index contributed by atoms with van der Waals surface area (Å²) in [6.07, 6.45) is 9.24. The Hall–Kier alpha value is -1.16. The quantitative estimate of drug-likeness (QED) is 0.840. The Balaban J connectivity index is 1.69. The van der Waals surface area contributed by atoms with Crippen LogP contribution in [0.3, 0.4) is 0 Å². The first-order valence-corrected chi connectivity index (χ1v) is 6.71. The van der Waals surface area contributed by atoms with Crippen LogP contribution in [0.5, 0.6) is 0 Å². The molecule has 0 unspecified atom stereocenters. The molecule has 1 aromatic rings. The molecule has 92 valence electrons. The number of aromatic nitrogens is 2. The fourth-order valence-electron chi connectivity index (χ4n) is 2.49. The Morgan fingerprint density at radius 3 is 2.59 bits per heavy atom. The summed E-state index contributed by atoms with van der Waals surface area (Å²) in [6, 6.07) is 0. The maximum absolute atomic E-state index is 4.53. The molecule has 4 nitrogen and oxygen atoms in total. The van der Waals surface area contributed by atoms with Gasteiger partial charge in [0.25, 0.3) is 0 Å². The molecule has 0 atom stereocenters. The van der Waals surface area contributed by atoms with Gasteiger partial charge in [-0.2, -0.15) is 0 Å². The van der Waals surface area contributed by atoms with Crippen molar-refractivity contribution in [3.8, 4) is 0 Å². The van der Waals surface area contributed by atoms with Crippen molar-refractivity contribution < 1.29 is 0 Å². The third-order valence-corrected chi connectivity index (χ3v) is 3.86. The number of hydrogen-bond donors (Lipinski definition) is 1. The van der Waals surface area contributed by atoms with Crippen LogP contribution in [-0.4, -0.2) is 36.1 Å². The van der Waals surface area contributed by atoms with E-state index in [0.29, 0.717) is 0 Å². The molecule has 0 aromatic carbocycles. The van der Waals surface area contributed by atoms with Crippen molar-refractivity contribution in [3.63, 3.8) is 0 Å². The summed E-state index contributed by atoms with van der Waals surface area (Å²) < 4.78 is 0. The van der Waals surface area contributed by atoms with E-state index in [-0.39, 0.29) is 0 Å². The average Bonchev–Trinajstić information content (AvgIpc) is 2.56. The van der Waals surface area contributed by atoms with E-state index in [1.807, 2.05) is 12.4 Å². The number of hydrogen-bond acceptors (Lipinski definition) is 4. The molecule has 1 aliphatic heterocycles. The highest BCUT2D eigenvalue weighted by atomic mass is 15.3. The van der Waals surface area contributed by atoms with Crippen LogP contribution in [0.1, 0.15) is 37.2 Å². The number of nitrogens with one attached hydrogen (secondary N) is 1. The van der Waals surface area contributed by atoms with Gasteiger partial charge in [-0.25, -0.2) is 9.97 Å². The van der Waals surface area contributed by atoms with Crippen molar-refractivity contribution in [2.75, 3.05) is 31.1 Å². The summed E-state index contributed by atoms with van der Waals surface area (Å²) >= 11 is 0. The first-order chi connectivity index (χ1) is 8.43. The molecule has 0 radical (unpaired) electrons. The normalized spacial score (nSPS) is 22.0. The minimum Gasteiger partial charge on any atom is -0.340 e. The van der Waals surface area contributed by atoms with Crippen LogP contribution < -0.4 is 10.2 Å². The molecule has 0 amide bonds. The van der Waals surface area contributed by atoms with Gasteiger partial charge in [0.15, 0.2) is 0 Å². The van der Waals surface area contributed by atoms with Crippen molar-refractivity contribution in [2.45, 2.75) is 31.6 Å². The number of nitrogens with zero attached hydrogens (tertiary/aromatic N) is 3. The summed E-state index contributed by atoms with van der Waals surface area (Å²) in [7, 11) is 0. The molecule has 0 spiro atoms. The van der Waals surface area contributed by atoms with Gasteiger partial charge in [0, 0.05) is 32.0 Å². The van der Waals surface area contributed by atoms with Crippen LogP contribution in [0.2, 0.25) is 0 Å². The van der Waals surface area contributed by atoms with Crippen molar-refractivity contribution in [3.05, 3.63) is 18.0 Å². The zero-order chi connectivity index (χ0) is 11.5. The largest absolute Gasteiger partial charge is 0.340 e. The van der Waals surface area contributed by atoms with Gasteiger partial charge >= 0.3 is 0 Å². The molecule has 17 heavy (non-hydrogen) atoms. The van der Waals surface area contributed by atoms with E-state index in [1.165, 1.54) is 31.2 Å². The second-order valence-electron chi connectivity index (χ2n) is 5.03. The van der Waals surface area contributed by atoms with Gasteiger partial charge in [0.05, 0.1) is 0 Å². The van der Waals surface area contributed by atoms with Crippen LogP contribution >= 0.6 is 0 Å².